The van der Waals surface area contributed by atoms with Gasteiger partial charge < -0.3 is 5.32 Å². The van der Waals surface area contributed by atoms with Gasteiger partial charge in [0.05, 0.1) is 10.7 Å². The Labute approximate surface area is 129 Å². The summed E-state index contributed by atoms with van der Waals surface area (Å²) in [6.45, 7) is 2.13. The van der Waals surface area contributed by atoms with Crippen LogP contribution in [0.15, 0.2) is 24.3 Å². The Morgan fingerprint density at radius 3 is 2.43 bits per heavy atom. The third-order valence-electron chi connectivity index (χ3n) is 2.56. The molecule has 1 N–H and O–H groups in total. The summed E-state index contributed by atoms with van der Waals surface area (Å²) in [5, 5.41) is 3.28. The summed E-state index contributed by atoms with van der Waals surface area (Å²) in [6.07, 6.45) is -4.57. The van der Waals surface area contributed by atoms with Gasteiger partial charge in [0.1, 0.15) is 0 Å². The number of nitrogens with one attached hydrogen (secondary N) is 1. The molecule has 2 aromatic rings. The Kier molecular flexibility index (Phi) is 4.58. The summed E-state index contributed by atoms with van der Waals surface area (Å²) < 4.78 is 38.7. The van der Waals surface area contributed by atoms with E-state index in [0.29, 0.717) is 17.1 Å². The quantitative estimate of drug-likeness (QED) is 0.866. The molecule has 0 aliphatic rings. The highest BCUT2D eigenvalue weighted by Gasteiger charge is 2.34. The van der Waals surface area contributed by atoms with Crippen molar-refractivity contribution in [3.05, 3.63) is 40.0 Å². The summed E-state index contributed by atoms with van der Waals surface area (Å²) in [5.74, 6) is -0.103. The van der Waals surface area contributed by atoms with Crippen molar-refractivity contribution in [2.24, 2.45) is 0 Å². The van der Waals surface area contributed by atoms with Crippen molar-refractivity contribution in [1.29, 1.82) is 0 Å². The zero-order valence-corrected chi connectivity index (χ0v) is 12.3. The van der Waals surface area contributed by atoms with Crippen LogP contribution in [0.4, 0.5) is 19.1 Å². The van der Waals surface area contributed by atoms with E-state index in [1.165, 1.54) is 18.2 Å². The molecule has 0 spiro atoms. The molecule has 112 valence electrons. The molecule has 1 aromatic heterocycles. The van der Waals surface area contributed by atoms with Crippen molar-refractivity contribution in [3.8, 4) is 11.3 Å². The maximum atomic E-state index is 12.9. The van der Waals surface area contributed by atoms with Crippen LogP contribution in [-0.2, 0) is 6.18 Å². The van der Waals surface area contributed by atoms with Gasteiger partial charge in [-0.05, 0) is 31.2 Å². The highest BCUT2D eigenvalue weighted by Crippen LogP contribution is 2.34. The average Bonchev–Trinajstić information content (AvgIpc) is 2.37. The molecule has 0 aliphatic heterocycles. The fourth-order valence-electron chi connectivity index (χ4n) is 1.66. The van der Waals surface area contributed by atoms with Gasteiger partial charge in [-0.2, -0.15) is 13.2 Å². The first kappa shape index (κ1) is 15.9. The van der Waals surface area contributed by atoms with E-state index >= 15 is 0 Å². The predicted octanol–water partition coefficient (Wildman–Crippen LogP) is 4.90. The van der Waals surface area contributed by atoms with Gasteiger partial charge in [0, 0.05) is 17.1 Å². The lowest BCUT2D eigenvalue weighted by molar-refractivity contribution is -0.141. The molecule has 0 bridgehead atoms. The fraction of sp³-hybridized carbons (Fsp3) is 0.231. The second kappa shape index (κ2) is 6.07. The highest BCUT2D eigenvalue weighted by molar-refractivity contribution is 6.36. The molecule has 0 aliphatic carbocycles. The molecule has 2 rings (SSSR count). The van der Waals surface area contributed by atoms with Crippen molar-refractivity contribution >= 4 is 29.2 Å². The lowest BCUT2D eigenvalue weighted by Gasteiger charge is -2.12. The average molecular weight is 336 g/mol. The van der Waals surface area contributed by atoms with Crippen LogP contribution in [0.25, 0.3) is 11.3 Å². The molecule has 0 fully saturated rings. The first-order valence-electron chi connectivity index (χ1n) is 5.97. The van der Waals surface area contributed by atoms with Gasteiger partial charge in [-0.15, -0.1) is 0 Å². The molecule has 0 unspecified atom stereocenters. The summed E-state index contributed by atoms with van der Waals surface area (Å²) >= 11 is 11.8. The van der Waals surface area contributed by atoms with Crippen LogP contribution in [0, 0.1) is 0 Å². The number of halogens is 5. The molecular formula is C13H10Cl2F3N3. The van der Waals surface area contributed by atoms with Gasteiger partial charge in [-0.25, -0.2) is 9.97 Å². The standard InChI is InChI=1S/C13H10Cl2F3N3/c1-2-19-12-20-10(6-11(21-12)13(16,17)18)8-4-3-7(14)5-9(8)15/h3-6H,2H2,1H3,(H,19,20,21). The minimum atomic E-state index is -4.57. The summed E-state index contributed by atoms with van der Waals surface area (Å²) in [7, 11) is 0. The number of alkyl halides is 3. The van der Waals surface area contributed by atoms with E-state index < -0.39 is 11.9 Å². The Morgan fingerprint density at radius 1 is 1.14 bits per heavy atom. The van der Waals surface area contributed by atoms with Crippen LogP contribution in [0.3, 0.4) is 0 Å². The third-order valence-corrected chi connectivity index (χ3v) is 3.11. The van der Waals surface area contributed by atoms with Crippen LogP contribution in [-0.4, -0.2) is 16.5 Å². The van der Waals surface area contributed by atoms with Crippen molar-refractivity contribution in [2.75, 3.05) is 11.9 Å². The van der Waals surface area contributed by atoms with Crippen LogP contribution in [0.1, 0.15) is 12.6 Å². The Morgan fingerprint density at radius 2 is 1.86 bits per heavy atom. The van der Waals surface area contributed by atoms with E-state index in [4.69, 9.17) is 23.2 Å². The van der Waals surface area contributed by atoms with Gasteiger partial charge in [-0.3, -0.25) is 0 Å². The Hall–Kier alpha value is -1.53. The first-order valence-corrected chi connectivity index (χ1v) is 6.72. The lowest BCUT2D eigenvalue weighted by atomic mass is 10.1. The summed E-state index contributed by atoms with van der Waals surface area (Å²) in [6, 6.07) is 5.35. The Bertz CT molecular complexity index is 660. The van der Waals surface area contributed by atoms with Gasteiger partial charge in [0.25, 0.3) is 0 Å². The van der Waals surface area contributed by atoms with E-state index in [-0.39, 0.29) is 16.7 Å². The fourth-order valence-corrected chi connectivity index (χ4v) is 2.17. The molecule has 1 aromatic carbocycles. The number of anilines is 1. The number of hydrogen-bond acceptors (Lipinski definition) is 3. The molecule has 0 saturated heterocycles. The molecule has 21 heavy (non-hydrogen) atoms. The summed E-state index contributed by atoms with van der Waals surface area (Å²) in [5.41, 5.74) is -0.600. The molecule has 1 heterocycles. The van der Waals surface area contributed by atoms with Crippen LogP contribution in [0.2, 0.25) is 10.0 Å². The number of aromatic nitrogens is 2. The van der Waals surface area contributed by atoms with E-state index in [0.717, 1.165) is 6.07 Å². The van der Waals surface area contributed by atoms with Crippen molar-refractivity contribution < 1.29 is 13.2 Å². The largest absolute Gasteiger partial charge is 0.433 e. The van der Waals surface area contributed by atoms with Crippen molar-refractivity contribution in [1.82, 2.24) is 9.97 Å². The van der Waals surface area contributed by atoms with E-state index in [9.17, 15) is 13.2 Å². The normalized spacial score (nSPS) is 11.5. The van der Waals surface area contributed by atoms with Crippen molar-refractivity contribution in [2.45, 2.75) is 13.1 Å². The molecule has 8 heteroatoms. The van der Waals surface area contributed by atoms with E-state index in [1.54, 1.807) is 6.92 Å². The second-order valence-corrected chi connectivity index (χ2v) is 4.96. The zero-order chi connectivity index (χ0) is 15.6. The lowest BCUT2D eigenvalue weighted by Crippen LogP contribution is -2.12. The monoisotopic (exact) mass is 335 g/mol. The maximum Gasteiger partial charge on any atom is 0.433 e. The van der Waals surface area contributed by atoms with Crippen molar-refractivity contribution in [3.63, 3.8) is 0 Å². The highest BCUT2D eigenvalue weighted by atomic mass is 35.5. The molecule has 0 saturated carbocycles. The number of rotatable bonds is 3. The molecule has 0 amide bonds. The number of benzene rings is 1. The van der Waals surface area contributed by atoms with Gasteiger partial charge in [-0.1, -0.05) is 23.2 Å². The smallest absolute Gasteiger partial charge is 0.354 e. The van der Waals surface area contributed by atoms with Crippen LogP contribution in [0.5, 0.6) is 0 Å². The number of hydrogen-bond donors (Lipinski definition) is 1. The minimum Gasteiger partial charge on any atom is -0.354 e. The molecule has 0 radical (unpaired) electrons. The van der Waals surface area contributed by atoms with Crippen LogP contribution < -0.4 is 5.32 Å². The molecular weight excluding hydrogens is 326 g/mol. The molecule has 0 atom stereocenters. The third kappa shape index (κ3) is 3.77. The zero-order valence-electron chi connectivity index (χ0n) is 10.8. The molecule has 3 nitrogen and oxygen atoms in total. The minimum absolute atomic E-state index is 0.0786. The van der Waals surface area contributed by atoms with E-state index in [2.05, 4.69) is 15.3 Å². The second-order valence-electron chi connectivity index (χ2n) is 4.11. The van der Waals surface area contributed by atoms with Gasteiger partial charge in [0.15, 0.2) is 5.69 Å². The SMILES string of the molecule is CCNc1nc(-c2ccc(Cl)cc2Cl)cc(C(F)(F)F)n1. The summed E-state index contributed by atoms with van der Waals surface area (Å²) in [4.78, 5) is 7.50. The van der Waals surface area contributed by atoms with E-state index in [1.807, 2.05) is 0 Å². The van der Waals surface area contributed by atoms with Crippen LogP contribution >= 0.6 is 23.2 Å². The Balaban J connectivity index is 2.59. The topological polar surface area (TPSA) is 37.8 Å². The first-order chi connectivity index (χ1) is 9.81. The van der Waals surface area contributed by atoms with Gasteiger partial charge in [0.2, 0.25) is 5.95 Å². The maximum absolute atomic E-state index is 12.9. The predicted molar refractivity (Wildman–Crippen MR) is 76.7 cm³/mol. The number of nitrogens with zero attached hydrogens (tertiary/aromatic N) is 2. The van der Waals surface area contributed by atoms with Gasteiger partial charge >= 0.3 is 6.18 Å².